The van der Waals surface area contributed by atoms with Crippen molar-refractivity contribution in [1.82, 2.24) is 9.80 Å². The first-order valence-corrected chi connectivity index (χ1v) is 9.84. The molecule has 2 aliphatic heterocycles. The van der Waals surface area contributed by atoms with Crippen molar-refractivity contribution in [3.8, 4) is 0 Å². The first-order chi connectivity index (χ1) is 13.3. The molecule has 0 aromatic heterocycles. The van der Waals surface area contributed by atoms with Crippen LogP contribution in [0.3, 0.4) is 0 Å². The third-order valence-corrected chi connectivity index (χ3v) is 5.41. The number of nitrogens with one attached hydrogen (secondary N) is 1. The van der Waals surface area contributed by atoms with E-state index in [0.29, 0.717) is 6.42 Å². The van der Waals surface area contributed by atoms with Gasteiger partial charge in [0.25, 0.3) is 0 Å². The van der Waals surface area contributed by atoms with Gasteiger partial charge < -0.3 is 5.32 Å². The number of carbonyl (C=O) groups excluding carboxylic acids is 1. The number of rotatable bonds is 5. The van der Waals surface area contributed by atoms with Crippen molar-refractivity contribution in [2.75, 3.05) is 38.0 Å². The van der Waals surface area contributed by atoms with Gasteiger partial charge in [-0.15, -0.1) is 0 Å². The summed E-state index contributed by atoms with van der Waals surface area (Å²) < 4.78 is 0. The zero-order chi connectivity index (χ0) is 18.5. The Balaban J connectivity index is 1.25. The molecule has 0 aliphatic carbocycles. The predicted octanol–water partition coefficient (Wildman–Crippen LogP) is 3.40. The first kappa shape index (κ1) is 18.0. The third kappa shape index (κ3) is 4.85. The Labute approximate surface area is 161 Å². The summed E-state index contributed by atoms with van der Waals surface area (Å²) in [7, 11) is 0. The molecule has 1 saturated heterocycles. The summed E-state index contributed by atoms with van der Waals surface area (Å²) in [6.07, 6.45) is 5.89. The number of anilines is 1. The molecule has 0 saturated carbocycles. The van der Waals surface area contributed by atoms with Crippen LogP contribution >= 0.6 is 0 Å². The van der Waals surface area contributed by atoms with E-state index in [1.165, 1.54) is 16.7 Å². The summed E-state index contributed by atoms with van der Waals surface area (Å²) in [5.41, 5.74) is 4.83. The van der Waals surface area contributed by atoms with Crippen LogP contribution in [-0.2, 0) is 17.8 Å². The highest BCUT2D eigenvalue weighted by Crippen LogP contribution is 2.24. The number of amides is 1. The number of nitrogens with zero attached hydrogens (tertiary/aromatic N) is 2. The van der Waals surface area contributed by atoms with E-state index in [9.17, 15) is 4.79 Å². The van der Waals surface area contributed by atoms with Crippen molar-refractivity contribution in [2.24, 2.45) is 0 Å². The Morgan fingerprint density at radius 3 is 2.52 bits per heavy atom. The average Bonchev–Trinajstić information content (AvgIpc) is 2.70. The lowest BCUT2D eigenvalue weighted by molar-refractivity contribution is -0.116. The Bertz CT molecular complexity index is 808. The van der Waals surface area contributed by atoms with Gasteiger partial charge in [0.2, 0.25) is 5.91 Å². The highest BCUT2D eigenvalue weighted by Gasteiger charge is 2.16. The Morgan fingerprint density at radius 1 is 0.926 bits per heavy atom. The van der Waals surface area contributed by atoms with Crippen molar-refractivity contribution in [3.05, 3.63) is 71.3 Å². The molecular formula is C23H27N3O. The zero-order valence-corrected chi connectivity index (χ0v) is 15.7. The molecule has 1 N–H and O–H groups in total. The Hall–Kier alpha value is -2.43. The highest BCUT2D eigenvalue weighted by atomic mass is 16.1. The number of hydrogen-bond acceptors (Lipinski definition) is 3. The SMILES string of the molecule is O=C1CCc2cc(/C=C/CN3CCN(Cc4ccccc4)CC3)ccc2N1. The quantitative estimate of drug-likeness (QED) is 0.887. The van der Waals surface area contributed by atoms with Crippen LogP contribution in [0, 0.1) is 0 Å². The molecule has 4 heteroatoms. The van der Waals surface area contributed by atoms with Crippen LogP contribution in [0.4, 0.5) is 5.69 Å². The standard InChI is InChI=1S/C23H27N3O/c27-23-11-9-21-17-19(8-10-22(21)24-23)7-4-12-25-13-15-26(16-14-25)18-20-5-2-1-3-6-20/h1-8,10,17H,9,11-16,18H2,(H,24,27)/b7-4+. The van der Waals surface area contributed by atoms with Gasteiger partial charge in [-0.05, 0) is 35.2 Å². The molecule has 0 spiro atoms. The van der Waals surface area contributed by atoms with Crippen molar-refractivity contribution in [3.63, 3.8) is 0 Å². The van der Waals surface area contributed by atoms with Gasteiger partial charge in [-0.2, -0.15) is 0 Å². The molecule has 1 amide bonds. The van der Waals surface area contributed by atoms with E-state index >= 15 is 0 Å². The number of aryl methyl sites for hydroxylation is 1. The van der Waals surface area contributed by atoms with Gasteiger partial charge in [0.1, 0.15) is 0 Å². The molecule has 1 fully saturated rings. The number of hydrogen-bond donors (Lipinski definition) is 1. The molecule has 140 valence electrons. The third-order valence-electron chi connectivity index (χ3n) is 5.41. The lowest BCUT2D eigenvalue weighted by atomic mass is 10.0. The zero-order valence-electron chi connectivity index (χ0n) is 15.7. The van der Waals surface area contributed by atoms with Crippen LogP contribution in [0.25, 0.3) is 6.08 Å². The minimum atomic E-state index is 0.122. The summed E-state index contributed by atoms with van der Waals surface area (Å²) in [4.78, 5) is 16.5. The van der Waals surface area contributed by atoms with Gasteiger partial charge in [-0.1, -0.05) is 48.6 Å². The van der Waals surface area contributed by atoms with Crippen LogP contribution in [0.1, 0.15) is 23.1 Å². The van der Waals surface area contributed by atoms with Crippen molar-refractivity contribution in [1.29, 1.82) is 0 Å². The minimum Gasteiger partial charge on any atom is -0.326 e. The van der Waals surface area contributed by atoms with Gasteiger partial charge in [-0.25, -0.2) is 0 Å². The van der Waals surface area contributed by atoms with Gasteiger partial charge in [0.15, 0.2) is 0 Å². The number of fused-ring (bicyclic) bond motifs is 1. The monoisotopic (exact) mass is 361 g/mol. The molecule has 27 heavy (non-hydrogen) atoms. The molecule has 2 aromatic rings. The molecule has 0 unspecified atom stereocenters. The summed E-state index contributed by atoms with van der Waals surface area (Å²) >= 11 is 0. The van der Waals surface area contributed by atoms with Crippen molar-refractivity contribution < 1.29 is 4.79 Å². The van der Waals surface area contributed by atoms with Crippen molar-refractivity contribution in [2.45, 2.75) is 19.4 Å². The normalized spacial score (nSPS) is 18.4. The van der Waals surface area contributed by atoms with E-state index in [2.05, 4.69) is 69.7 Å². The molecule has 4 nitrogen and oxygen atoms in total. The lowest BCUT2D eigenvalue weighted by Gasteiger charge is -2.34. The second-order valence-electron chi connectivity index (χ2n) is 7.43. The second-order valence-corrected chi connectivity index (χ2v) is 7.43. The van der Waals surface area contributed by atoms with Gasteiger partial charge >= 0.3 is 0 Å². The maximum absolute atomic E-state index is 11.4. The van der Waals surface area contributed by atoms with Crippen LogP contribution in [0.5, 0.6) is 0 Å². The van der Waals surface area contributed by atoms with E-state index in [-0.39, 0.29) is 5.91 Å². The van der Waals surface area contributed by atoms with Gasteiger partial charge in [0, 0.05) is 51.4 Å². The fourth-order valence-corrected chi connectivity index (χ4v) is 3.82. The summed E-state index contributed by atoms with van der Waals surface area (Å²) in [6, 6.07) is 17.0. The van der Waals surface area contributed by atoms with Crippen LogP contribution in [-0.4, -0.2) is 48.4 Å². The minimum absolute atomic E-state index is 0.122. The van der Waals surface area contributed by atoms with Crippen molar-refractivity contribution >= 4 is 17.7 Å². The highest BCUT2D eigenvalue weighted by molar-refractivity contribution is 5.94. The van der Waals surface area contributed by atoms with E-state index in [1.807, 2.05) is 6.07 Å². The second kappa shape index (κ2) is 8.51. The summed E-state index contributed by atoms with van der Waals surface area (Å²) in [5, 5.41) is 2.94. The fourth-order valence-electron chi connectivity index (χ4n) is 3.82. The van der Waals surface area contributed by atoms with Gasteiger partial charge in [-0.3, -0.25) is 14.6 Å². The number of carbonyl (C=O) groups is 1. The van der Waals surface area contributed by atoms with E-state index in [4.69, 9.17) is 0 Å². The smallest absolute Gasteiger partial charge is 0.224 e. The lowest BCUT2D eigenvalue weighted by Crippen LogP contribution is -2.45. The number of piperazine rings is 1. The topological polar surface area (TPSA) is 35.6 Å². The molecular weight excluding hydrogens is 334 g/mol. The maximum Gasteiger partial charge on any atom is 0.224 e. The molecule has 0 bridgehead atoms. The Kier molecular flexibility index (Phi) is 5.66. The van der Waals surface area contributed by atoms with E-state index in [1.54, 1.807) is 0 Å². The van der Waals surface area contributed by atoms with E-state index in [0.717, 1.165) is 51.4 Å². The molecule has 0 radical (unpaired) electrons. The van der Waals surface area contributed by atoms with Gasteiger partial charge in [0.05, 0.1) is 0 Å². The van der Waals surface area contributed by atoms with Crippen LogP contribution in [0.2, 0.25) is 0 Å². The molecule has 4 rings (SSSR count). The summed E-state index contributed by atoms with van der Waals surface area (Å²) in [6.45, 7) is 6.53. The molecule has 2 aromatic carbocycles. The molecule has 2 heterocycles. The largest absolute Gasteiger partial charge is 0.326 e. The fraction of sp³-hybridized carbons (Fsp3) is 0.348. The van der Waals surface area contributed by atoms with Crippen LogP contribution in [0.15, 0.2) is 54.6 Å². The predicted molar refractivity (Wildman–Crippen MR) is 111 cm³/mol. The maximum atomic E-state index is 11.4. The average molecular weight is 361 g/mol. The number of benzene rings is 2. The van der Waals surface area contributed by atoms with E-state index < -0.39 is 0 Å². The molecule has 2 aliphatic rings. The summed E-state index contributed by atoms with van der Waals surface area (Å²) in [5.74, 6) is 0.122. The first-order valence-electron chi connectivity index (χ1n) is 9.84. The van der Waals surface area contributed by atoms with Crippen LogP contribution < -0.4 is 5.32 Å². The molecule has 0 atom stereocenters. The Morgan fingerprint density at radius 2 is 1.70 bits per heavy atom.